The van der Waals surface area contributed by atoms with Gasteiger partial charge in [0.05, 0.1) is 19.8 Å². The van der Waals surface area contributed by atoms with Gasteiger partial charge in [0.25, 0.3) is 5.91 Å². The first kappa shape index (κ1) is 25.1. The van der Waals surface area contributed by atoms with E-state index in [0.29, 0.717) is 31.7 Å². The maximum absolute atomic E-state index is 12.8. The van der Waals surface area contributed by atoms with Crippen molar-refractivity contribution < 1.29 is 24.2 Å². The lowest BCUT2D eigenvalue weighted by Crippen LogP contribution is -2.47. The number of carbonyl (C=O) groups is 2. The molecule has 1 aliphatic heterocycles. The Morgan fingerprint density at radius 1 is 1.26 bits per heavy atom. The highest BCUT2D eigenvalue weighted by Gasteiger charge is 2.28. The molecule has 31 heavy (non-hydrogen) atoms. The summed E-state index contributed by atoms with van der Waals surface area (Å²) in [6.07, 6.45) is 3.45. The van der Waals surface area contributed by atoms with Crippen molar-refractivity contribution in [3.05, 3.63) is 28.8 Å². The molecule has 0 aromatic heterocycles. The molecule has 2 N–H and O–H groups in total. The number of likely N-dealkylation sites (tertiary alicyclic amines) is 1. The fraction of sp³-hybridized carbons (Fsp3) is 0.667. The van der Waals surface area contributed by atoms with E-state index in [1.807, 2.05) is 26.0 Å². The molecule has 0 spiro atoms. The molecular formula is C24H38N2O5. The zero-order chi connectivity index (χ0) is 22.8. The molecule has 1 aromatic carbocycles. The summed E-state index contributed by atoms with van der Waals surface area (Å²) in [6, 6.07) is 3.76. The van der Waals surface area contributed by atoms with Crippen molar-refractivity contribution in [2.24, 2.45) is 5.92 Å². The number of benzene rings is 1. The van der Waals surface area contributed by atoms with E-state index >= 15 is 0 Å². The van der Waals surface area contributed by atoms with Gasteiger partial charge in [0.15, 0.2) is 0 Å². The van der Waals surface area contributed by atoms with Gasteiger partial charge in [-0.2, -0.15) is 0 Å². The molecule has 0 bridgehead atoms. The zero-order valence-electron chi connectivity index (χ0n) is 19.4. The predicted octanol–water partition coefficient (Wildman–Crippen LogP) is 2.85. The van der Waals surface area contributed by atoms with Crippen LogP contribution in [0.25, 0.3) is 0 Å². The number of methoxy groups -OCH3 is 1. The molecule has 7 nitrogen and oxygen atoms in total. The van der Waals surface area contributed by atoms with Crippen molar-refractivity contribution >= 4 is 11.9 Å². The van der Waals surface area contributed by atoms with E-state index in [1.165, 1.54) is 7.11 Å². The molecule has 0 unspecified atom stereocenters. The number of rotatable bonds is 11. The molecule has 1 heterocycles. The van der Waals surface area contributed by atoms with E-state index < -0.39 is 6.10 Å². The SMILES string of the molecule is CCCCOc1c(C)ccc(C(=O)NC[C@@H]2CCN(CCCC(=O)OC)C[C@H]2O)c1C. The number of aliphatic hydroxyl groups is 1. The number of aryl methyl sites for hydroxylation is 1. The van der Waals surface area contributed by atoms with Gasteiger partial charge in [-0.3, -0.25) is 9.59 Å². The van der Waals surface area contributed by atoms with E-state index in [1.54, 1.807) is 0 Å². The molecule has 2 atom stereocenters. The molecule has 1 fully saturated rings. The molecule has 1 amide bonds. The summed E-state index contributed by atoms with van der Waals surface area (Å²) in [6.45, 7) is 9.28. The Kier molecular flexibility index (Phi) is 10.3. The quantitative estimate of drug-likeness (QED) is 0.411. The lowest BCUT2D eigenvalue weighted by Gasteiger charge is -2.36. The van der Waals surface area contributed by atoms with E-state index in [9.17, 15) is 14.7 Å². The summed E-state index contributed by atoms with van der Waals surface area (Å²) in [4.78, 5) is 26.2. The van der Waals surface area contributed by atoms with Gasteiger partial charge >= 0.3 is 5.97 Å². The highest BCUT2D eigenvalue weighted by atomic mass is 16.5. The van der Waals surface area contributed by atoms with Crippen molar-refractivity contribution in [1.82, 2.24) is 10.2 Å². The molecule has 1 aromatic rings. The number of nitrogens with zero attached hydrogens (tertiary/aromatic N) is 1. The van der Waals surface area contributed by atoms with E-state index in [2.05, 4.69) is 21.9 Å². The fourth-order valence-electron chi connectivity index (χ4n) is 3.97. The Morgan fingerprint density at radius 3 is 2.71 bits per heavy atom. The number of hydrogen-bond donors (Lipinski definition) is 2. The van der Waals surface area contributed by atoms with Crippen LogP contribution >= 0.6 is 0 Å². The first-order chi connectivity index (χ1) is 14.9. The lowest BCUT2D eigenvalue weighted by molar-refractivity contribution is -0.140. The number of carbonyl (C=O) groups excluding carboxylic acids is 2. The van der Waals surface area contributed by atoms with Crippen LogP contribution in [0.2, 0.25) is 0 Å². The molecule has 2 rings (SSSR count). The van der Waals surface area contributed by atoms with Crippen molar-refractivity contribution in [2.75, 3.05) is 39.9 Å². The number of amides is 1. The largest absolute Gasteiger partial charge is 0.493 e. The van der Waals surface area contributed by atoms with Gasteiger partial charge in [-0.25, -0.2) is 0 Å². The number of nitrogens with one attached hydrogen (secondary N) is 1. The third kappa shape index (κ3) is 7.51. The fourth-order valence-corrected chi connectivity index (χ4v) is 3.97. The van der Waals surface area contributed by atoms with Gasteiger partial charge in [0.2, 0.25) is 0 Å². The van der Waals surface area contributed by atoms with Crippen LogP contribution in [0.5, 0.6) is 5.75 Å². The predicted molar refractivity (Wildman–Crippen MR) is 120 cm³/mol. The Balaban J connectivity index is 1.85. The minimum Gasteiger partial charge on any atom is -0.493 e. The van der Waals surface area contributed by atoms with Crippen molar-refractivity contribution in [3.8, 4) is 5.75 Å². The average Bonchev–Trinajstić information content (AvgIpc) is 2.75. The van der Waals surface area contributed by atoms with Gasteiger partial charge in [-0.15, -0.1) is 0 Å². The number of ether oxygens (including phenoxy) is 2. The van der Waals surface area contributed by atoms with E-state index in [-0.39, 0.29) is 17.8 Å². The third-order valence-electron chi connectivity index (χ3n) is 6.00. The maximum atomic E-state index is 12.8. The number of β-amino-alcohol motifs (C(OH)–C–C–N with tert-alkyl or cyclic N) is 1. The van der Waals surface area contributed by atoms with Gasteiger partial charge in [0, 0.05) is 36.6 Å². The minimum absolute atomic E-state index is 0.0202. The summed E-state index contributed by atoms with van der Waals surface area (Å²) in [7, 11) is 1.39. The monoisotopic (exact) mass is 434 g/mol. The van der Waals surface area contributed by atoms with Crippen molar-refractivity contribution in [2.45, 2.75) is 59.0 Å². The second kappa shape index (κ2) is 12.7. The topological polar surface area (TPSA) is 88.1 Å². The summed E-state index contributed by atoms with van der Waals surface area (Å²) in [5.41, 5.74) is 2.50. The van der Waals surface area contributed by atoms with Crippen LogP contribution in [-0.4, -0.2) is 67.9 Å². The standard InChI is InChI=1S/C24H38N2O5/c1-5-6-14-31-23-17(2)9-10-20(18(23)3)24(29)25-15-19-11-13-26(16-21(19)27)12-7-8-22(28)30-4/h9-10,19,21,27H,5-8,11-16H2,1-4H3,(H,25,29)/t19-,21+/m0/s1. The summed E-state index contributed by atoms with van der Waals surface area (Å²) in [5, 5.41) is 13.5. The molecule has 1 saturated heterocycles. The van der Waals surface area contributed by atoms with Crippen LogP contribution in [0.3, 0.4) is 0 Å². The number of unbranched alkanes of at least 4 members (excludes halogenated alkanes) is 1. The third-order valence-corrected chi connectivity index (χ3v) is 6.00. The normalized spacial score (nSPS) is 19.1. The summed E-state index contributed by atoms with van der Waals surface area (Å²) >= 11 is 0. The number of hydrogen-bond acceptors (Lipinski definition) is 6. The maximum Gasteiger partial charge on any atom is 0.305 e. The highest BCUT2D eigenvalue weighted by molar-refractivity contribution is 5.96. The molecule has 0 aliphatic carbocycles. The van der Waals surface area contributed by atoms with Crippen LogP contribution in [0, 0.1) is 19.8 Å². The van der Waals surface area contributed by atoms with E-state index in [4.69, 9.17) is 4.74 Å². The van der Waals surface area contributed by atoms with Crippen LogP contribution in [0.4, 0.5) is 0 Å². The minimum atomic E-state index is -0.501. The lowest BCUT2D eigenvalue weighted by atomic mass is 9.93. The Morgan fingerprint density at radius 2 is 2.03 bits per heavy atom. The second-order valence-electron chi connectivity index (χ2n) is 8.39. The summed E-state index contributed by atoms with van der Waals surface area (Å²) in [5.74, 6) is 0.474. The average molecular weight is 435 g/mol. The smallest absolute Gasteiger partial charge is 0.305 e. The van der Waals surface area contributed by atoms with Crippen LogP contribution in [0.15, 0.2) is 12.1 Å². The molecule has 7 heteroatoms. The number of aliphatic hydroxyl groups excluding tert-OH is 1. The molecule has 174 valence electrons. The first-order valence-electron chi connectivity index (χ1n) is 11.4. The second-order valence-corrected chi connectivity index (χ2v) is 8.39. The molecule has 0 radical (unpaired) electrons. The van der Waals surface area contributed by atoms with Gasteiger partial charge < -0.3 is 24.8 Å². The zero-order valence-corrected chi connectivity index (χ0v) is 19.4. The van der Waals surface area contributed by atoms with Crippen LogP contribution < -0.4 is 10.1 Å². The Bertz CT molecular complexity index is 737. The first-order valence-corrected chi connectivity index (χ1v) is 11.4. The van der Waals surface area contributed by atoms with Gasteiger partial charge in [0.1, 0.15) is 5.75 Å². The van der Waals surface area contributed by atoms with E-state index in [0.717, 1.165) is 55.6 Å². The molecular weight excluding hydrogens is 396 g/mol. The van der Waals surface area contributed by atoms with Crippen LogP contribution in [0.1, 0.15) is 60.5 Å². The Labute approximate surface area is 186 Å². The number of esters is 1. The van der Waals surface area contributed by atoms with Crippen LogP contribution in [-0.2, 0) is 9.53 Å². The summed E-state index contributed by atoms with van der Waals surface area (Å²) < 4.78 is 10.6. The van der Waals surface area contributed by atoms with Gasteiger partial charge in [-0.1, -0.05) is 19.4 Å². The van der Waals surface area contributed by atoms with Gasteiger partial charge in [-0.05, 0) is 57.8 Å². The molecule has 1 aliphatic rings. The Hall–Kier alpha value is -2.12. The molecule has 0 saturated carbocycles. The van der Waals surface area contributed by atoms with Crippen molar-refractivity contribution in [3.63, 3.8) is 0 Å². The number of piperidine rings is 1. The highest BCUT2D eigenvalue weighted by Crippen LogP contribution is 2.27. The van der Waals surface area contributed by atoms with Crippen molar-refractivity contribution in [1.29, 1.82) is 0 Å².